The largest absolute Gasteiger partial charge is 0.274 e. The van der Waals surface area contributed by atoms with E-state index < -0.39 is 0 Å². The second-order valence-corrected chi connectivity index (χ2v) is 6.13. The molecule has 0 unspecified atom stereocenters. The Bertz CT molecular complexity index is 1140. The molecule has 4 aromatic rings. The summed E-state index contributed by atoms with van der Waals surface area (Å²) in [5.41, 5.74) is 2.02. The van der Waals surface area contributed by atoms with Gasteiger partial charge in [0.25, 0.3) is 5.56 Å². The minimum absolute atomic E-state index is 0.0715. The van der Waals surface area contributed by atoms with E-state index in [1.165, 1.54) is 21.0 Å². The zero-order chi connectivity index (χ0) is 17.2. The normalized spacial score (nSPS) is 11.0. The molecule has 3 nitrogen and oxygen atoms in total. The van der Waals surface area contributed by atoms with Gasteiger partial charge in [-0.2, -0.15) is 5.10 Å². The van der Waals surface area contributed by atoms with E-state index in [2.05, 4.69) is 42.0 Å². The predicted molar refractivity (Wildman–Crippen MR) is 103 cm³/mol. The van der Waals surface area contributed by atoms with E-state index in [1.54, 1.807) is 6.08 Å². The van der Waals surface area contributed by atoms with E-state index in [0.717, 1.165) is 11.1 Å². The van der Waals surface area contributed by atoms with Crippen LogP contribution in [0.4, 0.5) is 0 Å². The Hall–Kier alpha value is -3.20. The second kappa shape index (κ2) is 6.36. The van der Waals surface area contributed by atoms with Crippen molar-refractivity contribution in [3.05, 3.63) is 101 Å². The van der Waals surface area contributed by atoms with E-state index in [4.69, 9.17) is 0 Å². The van der Waals surface area contributed by atoms with Gasteiger partial charge < -0.3 is 0 Å². The molecule has 0 N–H and O–H groups in total. The van der Waals surface area contributed by atoms with Crippen molar-refractivity contribution in [3.63, 3.8) is 0 Å². The first-order chi connectivity index (χ1) is 12.3. The number of fused-ring (bicyclic) bond motifs is 2. The summed E-state index contributed by atoms with van der Waals surface area (Å²) >= 11 is 0. The Balaban J connectivity index is 1.85. The van der Waals surface area contributed by atoms with Crippen LogP contribution in [0, 0.1) is 0 Å². The molecule has 25 heavy (non-hydrogen) atoms. The molecule has 1 aromatic heterocycles. The third kappa shape index (κ3) is 2.85. The molecule has 0 spiro atoms. The lowest BCUT2D eigenvalue weighted by molar-refractivity contribution is 0.645. The smallest absolute Gasteiger partial charge is 0.267 e. The van der Waals surface area contributed by atoms with Crippen LogP contribution in [0.25, 0.3) is 21.5 Å². The molecule has 0 aliphatic heterocycles. The highest BCUT2D eigenvalue weighted by Gasteiger charge is 2.10. The molecule has 0 fully saturated rings. The zero-order valence-corrected chi connectivity index (χ0v) is 13.9. The first kappa shape index (κ1) is 15.3. The topological polar surface area (TPSA) is 34.9 Å². The van der Waals surface area contributed by atoms with Crippen molar-refractivity contribution in [2.45, 2.75) is 13.0 Å². The van der Waals surface area contributed by atoms with Gasteiger partial charge in [0.2, 0.25) is 0 Å². The van der Waals surface area contributed by atoms with Gasteiger partial charge in [-0.05, 0) is 22.4 Å². The van der Waals surface area contributed by atoms with Crippen molar-refractivity contribution in [2.75, 3.05) is 0 Å². The van der Waals surface area contributed by atoms with Crippen LogP contribution in [-0.2, 0) is 13.0 Å². The Morgan fingerprint density at radius 3 is 2.44 bits per heavy atom. The van der Waals surface area contributed by atoms with Gasteiger partial charge in [0.1, 0.15) is 0 Å². The third-order valence-electron chi connectivity index (χ3n) is 4.43. The number of nitrogens with zero attached hydrogens (tertiary/aromatic N) is 2. The van der Waals surface area contributed by atoms with Crippen LogP contribution in [0.5, 0.6) is 0 Å². The summed E-state index contributed by atoms with van der Waals surface area (Å²) in [6, 6.07) is 22.4. The molecule has 0 atom stereocenters. The number of allylic oxidation sites excluding steroid dienone is 1. The molecule has 1 heterocycles. The summed E-state index contributed by atoms with van der Waals surface area (Å²) in [5, 5.41) is 8.65. The van der Waals surface area contributed by atoms with Crippen LogP contribution in [0.3, 0.4) is 0 Å². The highest BCUT2D eigenvalue weighted by Crippen LogP contribution is 2.20. The maximum absolute atomic E-state index is 12.6. The molecular formula is C22H18N2O. The molecule has 0 saturated carbocycles. The second-order valence-electron chi connectivity index (χ2n) is 6.13. The summed E-state index contributed by atoms with van der Waals surface area (Å²) in [4.78, 5) is 12.6. The van der Waals surface area contributed by atoms with Gasteiger partial charge in [-0.1, -0.05) is 66.7 Å². The van der Waals surface area contributed by atoms with Crippen LogP contribution in [0.15, 0.2) is 84.2 Å². The first-order valence-corrected chi connectivity index (χ1v) is 8.33. The SMILES string of the molecule is C=CCn1nc(Cc2ccc3ccccc3c2)c2ccccc2c1=O. The molecule has 0 aliphatic rings. The fourth-order valence-corrected chi connectivity index (χ4v) is 3.22. The van der Waals surface area contributed by atoms with Crippen LogP contribution in [-0.4, -0.2) is 9.78 Å². The van der Waals surface area contributed by atoms with Gasteiger partial charge in [0.05, 0.1) is 17.6 Å². The molecule has 3 aromatic carbocycles. The van der Waals surface area contributed by atoms with Crippen LogP contribution < -0.4 is 5.56 Å². The Morgan fingerprint density at radius 2 is 1.64 bits per heavy atom. The monoisotopic (exact) mass is 326 g/mol. The highest BCUT2D eigenvalue weighted by molar-refractivity contribution is 5.85. The molecule has 0 amide bonds. The fraction of sp³-hybridized carbons (Fsp3) is 0.0909. The molecule has 0 radical (unpaired) electrons. The van der Waals surface area contributed by atoms with Gasteiger partial charge in [0, 0.05) is 11.8 Å². The van der Waals surface area contributed by atoms with Gasteiger partial charge in [-0.15, -0.1) is 6.58 Å². The van der Waals surface area contributed by atoms with E-state index in [9.17, 15) is 4.79 Å². The van der Waals surface area contributed by atoms with Crippen LogP contribution >= 0.6 is 0 Å². The quantitative estimate of drug-likeness (QED) is 0.523. The van der Waals surface area contributed by atoms with Gasteiger partial charge >= 0.3 is 0 Å². The van der Waals surface area contributed by atoms with Gasteiger partial charge in [0.15, 0.2) is 0 Å². The van der Waals surface area contributed by atoms with Crippen molar-refractivity contribution in [1.29, 1.82) is 0 Å². The third-order valence-corrected chi connectivity index (χ3v) is 4.43. The predicted octanol–water partition coefficient (Wildman–Crippen LogP) is 4.33. The number of hydrogen-bond acceptors (Lipinski definition) is 2. The average molecular weight is 326 g/mol. The van der Waals surface area contributed by atoms with E-state index in [1.807, 2.05) is 36.4 Å². The number of aromatic nitrogens is 2. The lowest BCUT2D eigenvalue weighted by Gasteiger charge is -2.10. The first-order valence-electron chi connectivity index (χ1n) is 8.33. The van der Waals surface area contributed by atoms with Crippen LogP contribution in [0.2, 0.25) is 0 Å². The summed E-state index contributed by atoms with van der Waals surface area (Å²) < 4.78 is 1.49. The standard InChI is InChI=1S/C22H18N2O/c1-2-13-24-22(25)20-10-6-5-9-19(20)21(23-24)15-16-11-12-17-7-3-4-8-18(17)14-16/h2-12,14H,1,13,15H2. The van der Waals surface area contributed by atoms with Gasteiger partial charge in [-0.3, -0.25) is 4.79 Å². The van der Waals surface area contributed by atoms with Crippen molar-refractivity contribution >= 4 is 21.5 Å². The van der Waals surface area contributed by atoms with Crippen molar-refractivity contribution in [1.82, 2.24) is 9.78 Å². The molecule has 0 aliphatic carbocycles. The van der Waals surface area contributed by atoms with Crippen molar-refractivity contribution < 1.29 is 0 Å². The van der Waals surface area contributed by atoms with E-state index >= 15 is 0 Å². The highest BCUT2D eigenvalue weighted by atomic mass is 16.1. The molecular weight excluding hydrogens is 308 g/mol. The van der Waals surface area contributed by atoms with Gasteiger partial charge in [-0.25, -0.2) is 4.68 Å². The number of rotatable bonds is 4. The summed E-state index contributed by atoms with van der Waals surface area (Å²) in [5.74, 6) is 0. The number of benzene rings is 3. The van der Waals surface area contributed by atoms with Crippen molar-refractivity contribution in [2.24, 2.45) is 0 Å². The summed E-state index contributed by atoms with van der Waals surface area (Å²) in [7, 11) is 0. The molecule has 4 rings (SSSR count). The van der Waals surface area contributed by atoms with Crippen molar-refractivity contribution in [3.8, 4) is 0 Å². The fourth-order valence-electron chi connectivity index (χ4n) is 3.22. The Morgan fingerprint density at radius 1 is 0.920 bits per heavy atom. The minimum atomic E-state index is -0.0715. The zero-order valence-electron chi connectivity index (χ0n) is 13.9. The minimum Gasteiger partial charge on any atom is -0.267 e. The Labute approximate surface area is 145 Å². The lowest BCUT2D eigenvalue weighted by Crippen LogP contribution is -2.24. The summed E-state index contributed by atoms with van der Waals surface area (Å²) in [6.07, 6.45) is 2.38. The maximum Gasteiger partial charge on any atom is 0.274 e. The van der Waals surface area contributed by atoms with E-state index in [-0.39, 0.29) is 5.56 Å². The van der Waals surface area contributed by atoms with Crippen LogP contribution in [0.1, 0.15) is 11.3 Å². The summed E-state index contributed by atoms with van der Waals surface area (Å²) in [6.45, 7) is 4.14. The molecule has 0 bridgehead atoms. The maximum atomic E-state index is 12.6. The van der Waals surface area contributed by atoms with E-state index in [0.29, 0.717) is 18.4 Å². The molecule has 122 valence electrons. The average Bonchev–Trinajstić information content (AvgIpc) is 2.65. The Kier molecular flexibility index (Phi) is 3.90. The molecule has 0 saturated heterocycles. The number of hydrogen-bond donors (Lipinski definition) is 0. The lowest BCUT2D eigenvalue weighted by atomic mass is 10.0. The molecule has 3 heteroatoms.